The number of rotatable bonds is 3. The van der Waals surface area contributed by atoms with Gasteiger partial charge in [0.2, 0.25) is 7.83 Å². The maximum Gasteiger partial charge on any atom is 0.210 e. The van der Waals surface area contributed by atoms with E-state index in [1.165, 1.54) is 0 Å². The molecule has 0 saturated heterocycles. The second-order valence-electron chi connectivity index (χ2n) is 13.3. The molecule has 0 aliphatic carbocycles. The summed E-state index contributed by atoms with van der Waals surface area (Å²) in [5.74, 6) is 0. The van der Waals surface area contributed by atoms with Gasteiger partial charge in [0.1, 0.15) is 0 Å². The van der Waals surface area contributed by atoms with Gasteiger partial charge in [0, 0.05) is 11.1 Å². The molecule has 0 aromatic carbocycles. The fraction of sp³-hybridized carbons (Fsp3) is 0.905. The van der Waals surface area contributed by atoms with Crippen molar-refractivity contribution in [1.29, 1.82) is 0 Å². The van der Waals surface area contributed by atoms with Crippen LogP contribution in [0.25, 0.3) is 0 Å². The Morgan fingerprint density at radius 3 is 1.36 bits per heavy atom. The van der Waals surface area contributed by atoms with Crippen molar-refractivity contribution in [3.8, 4) is 0 Å². The third-order valence-corrected chi connectivity index (χ3v) is 26.0. The molecule has 1 aliphatic heterocycles. The van der Waals surface area contributed by atoms with Crippen LogP contribution in [-0.2, 0) is 4.43 Å². The van der Waals surface area contributed by atoms with Crippen molar-refractivity contribution in [3.05, 3.63) is 10.4 Å². The van der Waals surface area contributed by atoms with Crippen molar-refractivity contribution in [1.82, 2.24) is 0 Å². The highest BCUT2D eigenvalue weighted by atomic mass is 29.3. The fourth-order valence-electron chi connectivity index (χ4n) is 4.98. The van der Waals surface area contributed by atoms with Crippen molar-refractivity contribution in [2.45, 2.75) is 113 Å². The van der Waals surface area contributed by atoms with Crippen LogP contribution in [0.1, 0.15) is 62.3 Å². The molecular formula is C21H46OSi3. The molecule has 0 saturated carbocycles. The summed E-state index contributed by atoms with van der Waals surface area (Å²) in [5.41, 5.74) is 2.86. The molecule has 1 nitrogen and oxygen atoms in total. The zero-order valence-corrected chi connectivity index (χ0v) is 23.0. The zero-order chi connectivity index (χ0) is 20.4. The standard InChI is InChI=1S/C21H46OSi3/c1-19(2,3)16-17(20(4,5)6)25(24(13,14)15,22-21(7,8)9)18(16)23(10,11)12/h17H,1-15H3/t17-,25+/m1/s1. The lowest BCUT2D eigenvalue weighted by molar-refractivity contribution is 0.111. The van der Waals surface area contributed by atoms with E-state index in [9.17, 15) is 0 Å². The fourth-order valence-corrected chi connectivity index (χ4v) is 33.4. The smallest absolute Gasteiger partial charge is 0.210 e. The van der Waals surface area contributed by atoms with Crippen molar-refractivity contribution in [3.63, 3.8) is 0 Å². The van der Waals surface area contributed by atoms with Crippen LogP contribution in [0.4, 0.5) is 0 Å². The molecule has 0 radical (unpaired) electrons. The molecule has 2 atom stereocenters. The third-order valence-electron chi connectivity index (χ3n) is 5.34. The second-order valence-corrected chi connectivity index (χ2v) is 32.8. The van der Waals surface area contributed by atoms with Gasteiger partial charge in [-0.05, 0) is 31.6 Å². The van der Waals surface area contributed by atoms with Gasteiger partial charge in [0.05, 0.1) is 15.7 Å². The Hall–Kier alpha value is 0.351. The summed E-state index contributed by atoms with van der Waals surface area (Å²) in [6.45, 7) is 36.9. The lowest BCUT2D eigenvalue weighted by atomic mass is 9.76. The summed E-state index contributed by atoms with van der Waals surface area (Å²) in [6.07, 6.45) is 0. The van der Waals surface area contributed by atoms with E-state index in [-0.39, 0.29) is 16.4 Å². The Morgan fingerprint density at radius 1 is 0.760 bits per heavy atom. The first-order chi connectivity index (χ1) is 10.6. The third kappa shape index (κ3) is 4.27. The topological polar surface area (TPSA) is 9.23 Å². The Morgan fingerprint density at radius 2 is 1.16 bits per heavy atom. The monoisotopic (exact) mass is 398 g/mol. The Kier molecular flexibility index (Phi) is 5.78. The van der Waals surface area contributed by atoms with Gasteiger partial charge in [-0.15, -0.1) is 0 Å². The largest absolute Gasteiger partial charge is 0.411 e. The SMILES string of the molecule is CC(C)(C)O[Si@@]1([Si](C)(C)C)C([Si](C)(C)C)=C(C(C)(C)C)[C@@H]1C(C)(C)C. The minimum atomic E-state index is -2.00. The molecule has 0 fully saturated rings. The number of allylic oxidation sites excluding steroid dienone is 1. The highest BCUT2D eigenvalue weighted by molar-refractivity contribution is 7.46. The first-order valence-electron chi connectivity index (χ1n) is 10.0. The van der Waals surface area contributed by atoms with Gasteiger partial charge >= 0.3 is 0 Å². The van der Waals surface area contributed by atoms with Gasteiger partial charge in [-0.3, -0.25) is 0 Å². The van der Waals surface area contributed by atoms with E-state index in [2.05, 4.69) is 102 Å². The first kappa shape index (κ1) is 23.4. The van der Waals surface area contributed by atoms with Crippen LogP contribution in [-0.4, -0.2) is 29.1 Å². The van der Waals surface area contributed by atoms with Gasteiger partial charge in [-0.1, -0.05) is 91.2 Å². The minimum absolute atomic E-state index is 0.0652. The molecule has 148 valence electrons. The first-order valence-corrected chi connectivity index (χ1v) is 20.0. The molecule has 0 spiro atoms. The van der Waals surface area contributed by atoms with Gasteiger partial charge in [0.15, 0.2) is 0 Å². The van der Waals surface area contributed by atoms with Crippen molar-refractivity contribution in [2.24, 2.45) is 10.8 Å². The molecule has 4 heteroatoms. The summed E-state index contributed by atoms with van der Waals surface area (Å²) in [7, 11) is -4.97. The average molecular weight is 399 g/mol. The lowest BCUT2D eigenvalue weighted by Gasteiger charge is -2.67. The summed E-state index contributed by atoms with van der Waals surface area (Å²) in [4.78, 5) is 1.88. The van der Waals surface area contributed by atoms with E-state index < -0.39 is 23.5 Å². The van der Waals surface area contributed by atoms with Crippen molar-refractivity contribution in [2.75, 3.05) is 0 Å². The van der Waals surface area contributed by atoms with Crippen molar-refractivity contribution < 1.29 is 4.43 Å². The predicted molar refractivity (Wildman–Crippen MR) is 123 cm³/mol. The Labute approximate surface area is 162 Å². The van der Waals surface area contributed by atoms with Crippen LogP contribution in [0.5, 0.6) is 0 Å². The van der Waals surface area contributed by atoms with Gasteiger partial charge in [0.25, 0.3) is 0 Å². The van der Waals surface area contributed by atoms with E-state index in [1.54, 1.807) is 5.57 Å². The molecule has 0 unspecified atom stereocenters. The molecule has 0 aromatic rings. The van der Waals surface area contributed by atoms with Gasteiger partial charge in [-0.25, -0.2) is 0 Å². The maximum absolute atomic E-state index is 7.31. The molecule has 1 aliphatic rings. The van der Waals surface area contributed by atoms with E-state index in [0.29, 0.717) is 5.54 Å². The summed E-state index contributed by atoms with van der Waals surface area (Å²) >= 11 is 0. The molecule has 1 rings (SSSR count). The van der Waals surface area contributed by atoms with Gasteiger partial charge < -0.3 is 4.43 Å². The summed E-state index contributed by atoms with van der Waals surface area (Å²) < 4.78 is 7.31. The Bertz CT molecular complexity index is 542. The van der Waals surface area contributed by atoms with E-state index in [0.717, 1.165) is 0 Å². The van der Waals surface area contributed by atoms with Crippen LogP contribution in [0.2, 0.25) is 44.8 Å². The lowest BCUT2D eigenvalue weighted by Crippen LogP contribution is -2.77. The van der Waals surface area contributed by atoms with E-state index in [4.69, 9.17) is 4.43 Å². The number of hydrogen-bond acceptors (Lipinski definition) is 1. The minimum Gasteiger partial charge on any atom is -0.411 e. The molecule has 1 heterocycles. The zero-order valence-electron chi connectivity index (χ0n) is 20.0. The van der Waals surface area contributed by atoms with Crippen molar-refractivity contribution >= 4 is 23.5 Å². The van der Waals surface area contributed by atoms with Crippen LogP contribution >= 0.6 is 0 Å². The summed E-state index contributed by atoms with van der Waals surface area (Å²) in [5, 5.41) is 0. The molecular weight excluding hydrogens is 352 g/mol. The molecule has 0 N–H and O–H groups in total. The van der Waals surface area contributed by atoms with Crippen LogP contribution in [0.15, 0.2) is 10.4 Å². The predicted octanol–water partition coefficient (Wildman–Crippen LogP) is 7.35. The van der Waals surface area contributed by atoms with Crippen LogP contribution in [0, 0.1) is 10.8 Å². The summed E-state index contributed by atoms with van der Waals surface area (Å²) in [6, 6.07) is 0. The van der Waals surface area contributed by atoms with E-state index in [1.807, 2.05) is 4.82 Å². The van der Waals surface area contributed by atoms with E-state index >= 15 is 0 Å². The number of hydrogen-bond donors (Lipinski definition) is 0. The highest BCUT2D eigenvalue weighted by Gasteiger charge is 2.71. The molecule has 0 bridgehead atoms. The Balaban J connectivity index is 3.98. The maximum atomic E-state index is 7.31. The molecule has 0 amide bonds. The second kappa shape index (κ2) is 6.18. The normalized spacial score (nSPS) is 26.8. The van der Waals surface area contributed by atoms with Gasteiger partial charge in [-0.2, -0.15) is 0 Å². The quantitative estimate of drug-likeness (QED) is 0.451. The van der Waals surface area contributed by atoms with Crippen LogP contribution in [0.3, 0.4) is 0 Å². The van der Waals surface area contributed by atoms with Crippen LogP contribution < -0.4 is 0 Å². The average Bonchev–Trinajstić information content (AvgIpc) is 2.13. The highest BCUT2D eigenvalue weighted by Crippen LogP contribution is 2.66. The molecule has 0 aromatic heterocycles. The molecule has 25 heavy (non-hydrogen) atoms.